The predicted molar refractivity (Wildman–Crippen MR) is 265 cm³/mol. The van der Waals surface area contributed by atoms with Gasteiger partial charge in [0.15, 0.2) is 5.78 Å². The summed E-state index contributed by atoms with van der Waals surface area (Å²) in [5.41, 5.74) is 13.7. The molecular formula is C57H66N2O8. The van der Waals surface area contributed by atoms with E-state index in [4.69, 9.17) is 20.9 Å². The van der Waals surface area contributed by atoms with Crippen molar-refractivity contribution in [2.75, 3.05) is 11.5 Å². The minimum absolute atomic E-state index is 0.0864. The van der Waals surface area contributed by atoms with Crippen LogP contribution >= 0.6 is 0 Å². The molecule has 0 amide bonds. The first-order valence-electron chi connectivity index (χ1n) is 23.7. The maximum absolute atomic E-state index is 14.2. The third-order valence-corrected chi connectivity index (χ3v) is 13.6. The zero-order valence-corrected chi connectivity index (χ0v) is 38.5. The Hall–Kier alpha value is -6.36. The van der Waals surface area contributed by atoms with Crippen LogP contribution in [0.5, 0.6) is 11.5 Å². The summed E-state index contributed by atoms with van der Waals surface area (Å²) < 4.78 is 11.4. The topological polar surface area (TPSA) is 179 Å². The summed E-state index contributed by atoms with van der Waals surface area (Å²) in [6.07, 6.45) is 20.1. The number of allylic oxidation sites excluding steroid dienone is 3. The molecule has 2 aliphatic rings. The normalized spacial score (nSPS) is 18.9. The summed E-state index contributed by atoms with van der Waals surface area (Å²) in [5.74, 6) is -3.33. The first-order valence-corrected chi connectivity index (χ1v) is 23.7. The fraction of sp³-hybridized carbons (Fsp3) is 0.368. The second kappa shape index (κ2) is 23.9. The van der Waals surface area contributed by atoms with Crippen molar-refractivity contribution in [1.29, 1.82) is 0 Å². The molecule has 352 valence electrons. The number of nitrogens with two attached hydrogens (primary N) is 2. The van der Waals surface area contributed by atoms with Crippen molar-refractivity contribution in [3.05, 3.63) is 157 Å². The van der Waals surface area contributed by atoms with Crippen LogP contribution in [0.1, 0.15) is 106 Å². The molecule has 0 unspecified atom stereocenters. The highest BCUT2D eigenvalue weighted by molar-refractivity contribution is 6.01. The smallest absolute Gasteiger partial charge is 0.314 e. The quantitative estimate of drug-likeness (QED) is 0.0148. The molecule has 4 aromatic carbocycles. The van der Waals surface area contributed by atoms with E-state index in [-0.39, 0.29) is 36.6 Å². The second-order valence-electron chi connectivity index (χ2n) is 18.6. The number of nitrogen functional groups attached to an aromatic ring is 2. The van der Waals surface area contributed by atoms with Crippen LogP contribution in [0, 0.1) is 29.1 Å². The van der Waals surface area contributed by atoms with Gasteiger partial charge in [-0.25, -0.2) is 0 Å². The predicted octanol–water partition coefficient (Wildman–Crippen LogP) is 10.6. The van der Waals surface area contributed by atoms with Gasteiger partial charge in [0, 0.05) is 23.2 Å². The van der Waals surface area contributed by atoms with Gasteiger partial charge in [-0.2, -0.15) is 0 Å². The number of anilines is 2. The highest BCUT2D eigenvalue weighted by atomic mass is 16.5. The molecule has 6 rings (SSSR count). The van der Waals surface area contributed by atoms with Crippen molar-refractivity contribution in [2.24, 2.45) is 29.1 Å². The van der Waals surface area contributed by atoms with Crippen LogP contribution in [0.15, 0.2) is 135 Å². The molecule has 0 saturated heterocycles. The Labute approximate surface area is 395 Å². The molecule has 0 aliphatic heterocycles. The van der Waals surface area contributed by atoms with E-state index in [1.54, 1.807) is 103 Å². The molecule has 0 atom stereocenters. The van der Waals surface area contributed by atoms with Gasteiger partial charge in [0.2, 0.25) is 11.6 Å². The van der Waals surface area contributed by atoms with E-state index in [1.807, 2.05) is 12.2 Å². The number of rotatable bonds is 22. The second-order valence-corrected chi connectivity index (χ2v) is 18.6. The van der Waals surface area contributed by atoms with Crippen molar-refractivity contribution in [2.45, 2.75) is 102 Å². The van der Waals surface area contributed by atoms with Crippen LogP contribution in [0.25, 0.3) is 12.2 Å². The molecule has 2 saturated carbocycles. The first kappa shape index (κ1) is 50.1. The Morgan fingerprint density at radius 1 is 0.567 bits per heavy atom. The molecule has 0 radical (unpaired) electrons. The lowest BCUT2D eigenvalue weighted by molar-refractivity contribution is -0.230. The lowest BCUT2D eigenvalue weighted by atomic mass is 9.65. The van der Waals surface area contributed by atoms with Crippen molar-refractivity contribution >= 4 is 47.0 Å². The minimum Gasteiger partial charge on any atom is -0.426 e. The van der Waals surface area contributed by atoms with E-state index >= 15 is 0 Å². The molecule has 0 aromatic heterocycles. The Balaban J connectivity index is 1.17. The van der Waals surface area contributed by atoms with Crippen LogP contribution in [-0.4, -0.2) is 39.5 Å². The van der Waals surface area contributed by atoms with E-state index in [1.165, 1.54) is 12.2 Å². The molecule has 2 aliphatic carbocycles. The van der Waals surface area contributed by atoms with Gasteiger partial charge in [0.1, 0.15) is 11.5 Å². The summed E-state index contributed by atoms with van der Waals surface area (Å²) >= 11 is 0. The first-order chi connectivity index (χ1) is 32.2. The molecular weight excluding hydrogens is 841 g/mol. The molecule has 0 bridgehead atoms. The van der Waals surface area contributed by atoms with E-state index in [2.05, 4.69) is 13.2 Å². The number of benzene rings is 4. The lowest BCUT2D eigenvalue weighted by Gasteiger charge is -2.42. The van der Waals surface area contributed by atoms with Gasteiger partial charge in [-0.1, -0.05) is 72.8 Å². The van der Waals surface area contributed by atoms with Crippen LogP contribution in [0.4, 0.5) is 11.4 Å². The SMILES string of the molecule is C=CCCC1CCC(C(=O)Oc2ccc(/C=C/C(=O)CC(Cc3ccc(N)cc3)(Cc3ccc(N)cc3)C(O)(O)C(=O)/C=C/c3ccc(OC(=O)C4CCC(CCC=C)CC4)cc3)cc2)CC1. The summed E-state index contributed by atoms with van der Waals surface area (Å²) in [4.78, 5) is 54.3. The van der Waals surface area contributed by atoms with E-state index < -0.39 is 29.2 Å². The number of carbonyl (C=O) groups is 4. The summed E-state index contributed by atoms with van der Waals surface area (Å²) in [5, 5.41) is 24.5. The van der Waals surface area contributed by atoms with Crippen LogP contribution in [0.2, 0.25) is 0 Å². The van der Waals surface area contributed by atoms with Gasteiger partial charge in [-0.05, 0) is 185 Å². The van der Waals surface area contributed by atoms with Crippen molar-refractivity contribution in [3.8, 4) is 11.5 Å². The van der Waals surface area contributed by atoms with E-state index in [9.17, 15) is 29.4 Å². The van der Waals surface area contributed by atoms with Crippen molar-refractivity contribution < 1.29 is 38.9 Å². The number of hydrogen-bond acceptors (Lipinski definition) is 10. The Morgan fingerprint density at radius 2 is 0.955 bits per heavy atom. The molecule has 0 spiro atoms. The number of ketones is 2. The lowest BCUT2D eigenvalue weighted by Crippen LogP contribution is -2.57. The molecule has 67 heavy (non-hydrogen) atoms. The van der Waals surface area contributed by atoms with Crippen LogP contribution in [-0.2, 0) is 32.0 Å². The Morgan fingerprint density at radius 3 is 1.34 bits per heavy atom. The minimum atomic E-state index is -3.06. The molecule has 0 heterocycles. The van der Waals surface area contributed by atoms with E-state index in [0.717, 1.165) is 83.1 Å². The maximum Gasteiger partial charge on any atom is 0.314 e. The van der Waals surface area contributed by atoms with Gasteiger partial charge in [-0.15, -0.1) is 13.2 Å². The Kier molecular flexibility index (Phi) is 17.9. The summed E-state index contributed by atoms with van der Waals surface area (Å²) in [6.45, 7) is 7.62. The van der Waals surface area contributed by atoms with Crippen molar-refractivity contribution in [3.63, 3.8) is 0 Å². The largest absolute Gasteiger partial charge is 0.426 e. The Bertz CT molecular complexity index is 2300. The molecule has 10 heteroatoms. The monoisotopic (exact) mass is 906 g/mol. The van der Waals surface area contributed by atoms with Crippen LogP contribution in [0.3, 0.4) is 0 Å². The highest BCUT2D eigenvalue weighted by Gasteiger charge is 2.54. The standard InChI is InChI=1S/C57H66N2O8/c1-3-5-7-40-9-23-46(24-10-40)54(62)66-51-32-18-42(19-33-51)17-31-50(60)39-56(37-44-13-27-48(58)28-14-44,38-45-15-29-49(59)30-16-45)57(64,65)53(61)36-22-43-20-34-52(35-21-43)67-55(63)47-25-11-41(12-26-47)8-6-4-2/h3-4,13-22,27-36,40-41,46-47,64-65H,1-2,5-12,23-26,37-39,58-59H2/b31-17+,36-22+. The molecule has 4 aromatic rings. The fourth-order valence-electron chi connectivity index (χ4n) is 9.51. The van der Waals surface area contributed by atoms with Gasteiger partial charge in [0.05, 0.1) is 11.8 Å². The summed E-state index contributed by atoms with van der Waals surface area (Å²) in [6, 6.07) is 27.1. The van der Waals surface area contributed by atoms with Gasteiger partial charge in [-0.3, -0.25) is 19.2 Å². The number of carbonyl (C=O) groups excluding carboxylic acids is 4. The number of esters is 2. The van der Waals surface area contributed by atoms with Crippen molar-refractivity contribution in [1.82, 2.24) is 0 Å². The average molecular weight is 907 g/mol. The fourth-order valence-corrected chi connectivity index (χ4v) is 9.51. The zero-order valence-electron chi connectivity index (χ0n) is 38.5. The highest BCUT2D eigenvalue weighted by Crippen LogP contribution is 2.43. The molecule has 6 N–H and O–H groups in total. The number of aliphatic hydroxyl groups is 2. The van der Waals surface area contributed by atoms with E-state index in [0.29, 0.717) is 57.0 Å². The zero-order chi connectivity index (χ0) is 47.8. The number of hydrogen-bond donors (Lipinski definition) is 4. The molecule has 10 nitrogen and oxygen atoms in total. The van der Waals surface area contributed by atoms with Gasteiger partial charge in [0.25, 0.3) is 0 Å². The number of ether oxygens (including phenoxy) is 2. The van der Waals surface area contributed by atoms with Crippen LogP contribution < -0.4 is 20.9 Å². The maximum atomic E-state index is 14.2. The molecule has 2 fully saturated rings. The average Bonchev–Trinajstić information content (AvgIpc) is 3.33. The third-order valence-electron chi connectivity index (χ3n) is 13.6. The van der Waals surface area contributed by atoms with Gasteiger partial charge < -0.3 is 31.2 Å². The summed E-state index contributed by atoms with van der Waals surface area (Å²) in [7, 11) is 0. The third kappa shape index (κ3) is 14.3. The van der Waals surface area contributed by atoms with Gasteiger partial charge >= 0.3 is 11.9 Å².